The van der Waals surface area contributed by atoms with Crippen LogP contribution >= 0.6 is 11.8 Å². The second-order valence-corrected chi connectivity index (χ2v) is 8.00. The molecule has 5 aliphatic rings. The molecule has 1 aromatic carbocycles. The summed E-state index contributed by atoms with van der Waals surface area (Å²) in [5.41, 5.74) is 3.19. The maximum atomic E-state index is 11.9. The number of carbonyl (C=O) groups is 1. The standard InChI is InChI=1S/C18H13N3O2S/c22-9-1-3-18-6-11(24-10(18)5-9)21-16-13(18)14-12-8(2-4-19-14)7-20-15(12)17(16)23/h1,3,5,7,11,21,23H,2,4,6H2/t11?,18-/m0/s1. The van der Waals surface area contributed by atoms with Gasteiger partial charge in [0.2, 0.25) is 0 Å². The number of phenols is 1. The second kappa shape index (κ2) is 4.00. The van der Waals surface area contributed by atoms with Crippen molar-refractivity contribution in [1.82, 2.24) is 0 Å². The second-order valence-electron chi connectivity index (χ2n) is 6.76. The first-order chi connectivity index (χ1) is 11.7. The highest BCUT2D eigenvalue weighted by Crippen LogP contribution is 2.60. The molecule has 2 N–H and O–H groups in total. The summed E-state index contributed by atoms with van der Waals surface area (Å²) < 4.78 is 0. The van der Waals surface area contributed by atoms with Crippen LogP contribution in [0.4, 0.5) is 11.4 Å². The fraction of sp³-hybridized carbons (Fsp3) is 0.278. The van der Waals surface area contributed by atoms with Crippen LogP contribution in [0.2, 0.25) is 0 Å². The zero-order chi connectivity index (χ0) is 16.1. The first kappa shape index (κ1) is 13.0. The van der Waals surface area contributed by atoms with Gasteiger partial charge in [-0.3, -0.25) is 14.8 Å². The summed E-state index contributed by atoms with van der Waals surface area (Å²) in [5.74, 6) is 0.243. The molecule has 4 aliphatic heterocycles. The van der Waals surface area contributed by atoms with Crippen LogP contribution in [0.5, 0.6) is 5.75 Å². The largest absolute Gasteiger partial charge is 0.504 e. The summed E-state index contributed by atoms with van der Waals surface area (Å²) in [5, 5.41) is 16.4. The molecular weight excluding hydrogens is 322 g/mol. The summed E-state index contributed by atoms with van der Waals surface area (Å²) in [6, 6.07) is 0. The number of hydrogen-bond donors (Lipinski definition) is 2. The van der Waals surface area contributed by atoms with E-state index < -0.39 is 0 Å². The Balaban J connectivity index is 1.81. The Labute approximate surface area is 141 Å². The molecular formula is C18H13N3O2S. The summed E-state index contributed by atoms with van der Waals surface area (Å²) in [6.45, 7) is 0.735. The summed E-state index contributed by atoms with van der Waals surface area (Å²) in [7, 11) is 0. The number of allylic oxidation sites excluding steroid dienone is 4. The first-order valence-corrected chi connectivity index (χ1v) is 8.95. The molecule has 2 atom stereocenters. The van der Waals surface area contributed by atoms with Crippen LogP contribution in [0, 0.1) is 0 Å². The number of rotatable bonds is 0. The van der Waals surface area contributed by atoms with E-state index in [1.165, 1.54) is 0 Å². The van der Waals surface area contributed by atoms with Gasteiger partial charge in [0.15, 0.2) is 11.5 Å². The van der Waals surface area contributed by atoms with Crippen molar-refractivity contribution < 1.29 is 9.90 Å². The Morgan fingerprint density at radius 3 is 3.25 bits per heavy atom. The number of nitrogens with one attached hydrogen (secondary N) is 1. The number of fused-ring (bicyclic) bond motifs is 3. The van der Waals surface area contributed by atoms with Gasteiger partial charge in [-0.15, -0.1) is 11.8 Å². The molecule has 0 saturated carbocycles. The molecule has 0 radical (unpaired) electrons. The SMILES string of the molecule is O=C1C=C[C@@]23CC(Nc4c(O)c5c6c(c42)=NCCC=6C=N5)SC3=C1. The van der Waals surface area contributed by atoms with E-state index >= 15 is 0 Å². The minimum atomic E-state index is -0.347. The third-order valence-corrected chi connectivity index (χ3v) is 6.82. The lowest BCUT2D eigenvalue weighted by Gasteiger charge is -2.35. The van der Waals surface area contributed by atoms with Crippen molar-refractivity contribution in [1.29, 1.82) is 0 Å². The first-order valence-electron chi connectivity index (χ1n) is 8.07. The fourth-order valence-electron chi connectivity index (χ4n) is 4.52. The van der Waals surface area contributed by atoms with Crippen LogP contribution in [0.1, 0.15) is 18.4 Å². The number of aromatic hydroxyl groups is 1. The number of ketones is 1. The molecule has 0 aromatic heterocycles. The maximum Gasteiger partial charge on any atom is 0.179 e. The van der Waals surface area contributed by atoms with Crippen molar-refractivity contribution in [3.8, 4) is 5.75 Å². The van der Waals surface area contributed by atoms with Crippen molar-refractivity contribution in [2.45, 2.75) is 23.6 Å². The van der Waals surface area contributed by atoms with Gasteiger partial charge in [0.05, 0.1) is 21.8 Å². The van der Waals surface area contributed by atoms with E-state index in [1.54, 1.807) is 23.9 Å². The van der Waals surface area contributed by atoms with E-state index in [0.29, 0.717) is 5.69 Å². The summed E-state index contributed by atoms with van der Waals surface area (Å²) in [4.78, 5) is 22.2. The van der Waals surface area contributed by atoms with E-state index in [-0.39, 0.29) is 22.3 Å². The van der Waals surface area contributed by atoms with Crippen molar-refractivity contribution in [2.24, 2.45) is 9.98 Å². The van der Waals surface area contributed by atoms with E-state index in [0.717, 1.165) is 51.7 Å². The highest BCUT2D eigenvalue weighted by Gasteiger charge is 2.52. The number of anilines is 1. The quantitative estimate of drug-likeness (QED) is 0.704. The molecule has 0 amide bonds. The van der Waals surface area contributed by atoms with Gasteiger partial charge >= 0.3 is 0 Å². The Bertz CT molecular complexity index is 1080. The maximum absolute atomic E-state index is 11.9. The Kier molecular flexibility index (Phi) is 2.17. The fourth-order valence-corrected chi connectivity index (χ4v) is 5.99. The minimum Gasteiger partial charge on any atom is -0.504 e. The van der Waals surface area contributed by atoms with E-state index in [2.05, 4.69) is 10.3 Å². The monoisotopic (exact) mass is 335 g/mol. The lowest BCUT2D eigenvalue weighted by molar-refractivity contribution is -0.110. The zero-order valence-corrected chi connectivity index (χ0v) is 13.5. The third kappa shape index (κ3) is 1.33. The van der Waals surface area contributed by atoms with Crippen LogP contribution in [0.25, 0.3) is 5.57 Å². The van der Waals surface area contributed by atoms with Gasteiger partial charge in [0, 0.05) is 28.4 Å². The lowest BCUT2D eigenvalue weighted by Crippen LogP contribution is -2.44. The molecule has 24 heavy (non-hydrogen) atoms. The number of nitrogens with zero attached hydrogens (tertiary/aromatic N) is 2. The van der Waals surface area contributed by atoms with E-state index in [4.69, 9.17) is 4.99 Å². The van der Waals surface area contributed by atoms with Crippen LogP contribution in [-0.2, 0) is 10.2 Å². The van der Waals surface area contributed by atoms with Gasteiger partial charge in [0.1, 0.15) is 5.69 Å². The zero-order valence-electron chi connectivity index (χ0n) is 12.7. The van der Waals surface area contributed by atoms with Crippen molar-refractivity contribution >= 4 is 40.7 Å². The topological polar surface area (TPSA) is 74.0 Å². The Hall–Kier alpha value is -2.34. The molecule has 6 rings (SSSR count). The van der Waals surface area contributed by atoms with Crippen molar-refractivity contribution in [2.75, 3.05) is 11.9 Å². The molecule has 2 bridgehead atoms. The Morgan fingerprint density at radius 1 is 1.42 bits per heavy atom. The highest BCUT2D eigenvalue weighted by molar-refractivity contribution is 8.04. The van der Waals surface area contributed by atoms with Crippen LogP contribution in [0.15, 0.2) is 33.1 Å². The molecule has 4 heterocycles. The summed E-state index contributed by atoms with van der Waals surface area (Å²) in [6.07, 6.45) is 8.99. The van der Waals surface area contributed by atoms with Crippen molar-refractivity contribution in [3.63, 3.8) is 0 Å². The summed E-state index contributed by atoms with van der Waals surface area (Å²) >= 11 is 1.68. The molecule has 1 fully saturated rings. The molecule has 1 saturated heterocycles. The molecule has 1 spiro atoms. The normalized spacial score (nSPS) is 30.3. The van der Waals surface area contributed by atoms with Crippen molar-refractivity contribution in [3.05, 3.63) is 39.3 Å². The number of thioether (sulfide) groups is 1. The highest BCUT2D eigenvalue weighted by atomic mass is 32.2. The van der Waals surface area contributed by atoms with Gasteiger partial charge in [-0.25, -0.2) is 0 Å². The minimum absolute atomic E-state index is 0.0313. The van der Waals surface area contributed by atoms with Gasteiger partial charge < -0.3 is 10.4 Å². The molecule has 1 aromatic rings. The molecule has 1 aliphatic carbocycles. The number of hydrogen-bond acceptors (Lipinski definition) is 6. The number of aliphatic imine (C=N–C) groups is 1. The number of benzene rings is 1. The number of phenolic OH excluding ortho intramolecular Hbond substituents is 1. The van der Waals surface area contributed by atoms with Gasteiger partial charge in [-0.1, -0.05) is 6.08 Å². The predicted molar refractivity (Wildman–Crippen MR) is 93.5 cm³/mol. The molecule has 1 unspecified atom stereocenters. The predicted octanol–water partition coefficient (Wildman–Crippen LogP) is 1.43. The smallest absolute Gasteiger partial charge is 0.179 e. The van der Waals surface area contributed by atoms with E-state index in [1.807, 2.05) is 12.3 Å². The molecule has 5 nitrogen and oxygen atoms in total. The van der Waals surface area contributed by atoms with Crippen LogP contribution in [-0.4, -0.2) is 29.0 Å². The average molecular weight is 335 g/mol. The van der Waals surface area contributed by atoms with Gasteiger partial charge in [-0.2, -0.15) is 0 Å². The number of carbonyl (C=O) groups excluding carboxylic acids is 1. The van der Waals surface area contributed by atoms with Crippen LogP contribution < -0.4 is 15.9 Å². The van der Waals surface area contributed by atoms with Gasteiger partial charge in [0.25, 0.3) is 0 Å². The molecule has 6 heteroatoms. The molecule has 118 valence electrons. The van der Waals surface area contributed by atoms with E-state index in [9.17, 15) is 9.90 Å². The van der Waals surface area contributed by atoms with Crippen LogP contribution in [0.3, 0.4) is 0 Å². The Morgan fingerprint density at radius 2 is 2.33 bits per heavy atom. The average Bonchev–Trinajstić information content (AvgIpc) is 3.12. The third-order valence-electron chi connectivity index (χ3n) is 5.52. The lowest BCUT2D eigenvalue weighted by atomic mass is 9.71. The van der Waals surface area contributed by atoms with Gasteiger partial charge in [-0.05, 0) is 30.6 Å².